The molecule has 10 heteroatoms. The molecule has 0 amide bonds. The van der Waals surface area contributed by atoms with E-state index < -0.39 is 14.2 Å². The quantitative estimate of drug-likeness (QED) is 0.0943. The van der Waals surface area contributed by atoms with Gasteiger partial charge in [-0.15, -0.1) is 13.2 Å². The lowest BCUT2D eigenvalue weighted by atomic mass is 9.77. The lowest BCUT2D eigenvalue weighted by molar-refractivity contribution is -0.00476. The summed E-state index contributed by atoms with van der Waals surface area (Å²) in [6.07, 6.45) is 31.8. The highest BCUT2D eigenvalue weighted by Gasteiger charge is 2.68. The molecule has 0 N–H and O–H groups in total. The van der Waals surface area contributed by atoms with E-state index in [0.717, 1.165) is 117 Å². The van der Waals surface area contributed by atoms with Crippen LogP contribution in [0.25, 0.3) is 0 Å². The molecule has 2 saturated heterocycles. The molecule has 2 aliphatic carbocycles. The van der Waals surface area contributed by atoms with Gasteiger partial charge in [0.1, 0.15) is 23.0 Å². The van der Waals surface area contributed by atoms with Crippen LogP contribution in [-0.4, -0.2) is 65.1 Å². The van der Waals surface area contributed by atoms with Crippen LogP contribution in [0.3, 0.4) is 0 Å². The molecule has 2 aromatic carbocycles. The van der Waals surface area contributed by atoms with Crippen molar-refractivity contribution in [1.82, 2.24) is 0 Å². The van der Waals surface area contributed by atoms with Gasteiger partial charge in [-0.2, -0.15) is 0 Å². The van der Waals surface area contributed by atoms with Crippen LogP contribution >= 0.6 is 0 Å². The Hall–Kier alpha value is -3.17. The molecule has 8 bridgehead atoms. The highest BCUT2D eigenvalue weighted by Crippen LogP contribution is 2.55. The fraction of sp³-hybridized carbons (Fsp3) is 0.633. The van der Waals surface area contributed by atoms with Gasteiger partial charge in [0.15, 0.2) is 0 Å². The second-order valence-electron chi connectivity index (χ2n) is 17.2. The molecule has 6 aliphatic rings. The van der Waals surface area contributed by atoms with Crippen molar-refractivity contribution in [2.75, 3.05) is 26.4 Å². The molecule has 59 heavy (non-hydrogen) atoms. The summed E-state index contributed by atoms with van der Waals surface area (Å²) in [4.78, 5) is 0. The summed E-state index contributed by atoms with van der Waals surface area (Å²) in [6, 6.07) is 12.2. The standard InChI is InChI=1S/C49H70B2O8/c1-3-5-7-9-19-23-33-52-40-29-27-31-42-44(40)50-56-46-38-37-39(47(46)57-50)49-48(38)58-51(59-49)45-41(53-34-24-20-10-8-6-4-2)30-28-32-43(45)55-36-26-22-18-16-14-12-11-13-15-17-21-25-35-54-42/h3-4,11-12,27-32,38-39,46-49H,1-2,5-10,13-26,33-37H2/b12-11-/t38?,39?,46-,47+,48+,49-. The minimum atomic E-state index is -0.580. The van der Waals surface area contributed by atoms with E-state index in [0.29, 0.717) is 26.4 Å². The smallest absolute Gasteiger partial charge is 0.494 e. The SMILES string of the molecule is C=CCCCCCCOc1cccc2c1B1O[C@@H]3C4CC([C@H]5OB(O[C@@H]45)c4c(OCCCCCCC=C)cccc4OCCCCCC/C=C\CCCCCCO2)[C@@H]3O1. The molecular weight excluding hydrogens is 738 g/mol. The molecule has 4 heterocycles. The number of hydrogen-bond donors (Lipinski definition) is 0. The normalized spacial score (nSPS) is 26.4. The Bertz CT molecular complexity index is 1480. The first-order valence-electron chi connectivity index (χ1n) is 23.5. The van der Waals surface area contributed by atoms with Gasteiger partial charge >= 0.3 is 14.2 Å². The zero-order valence-corrected chi connectivity index (χ0v) is 35.8. The summed E-state index contributed by atoms with van der Waals surface area (Å²) in [5.41, 5.74) is 1.74. The molecule has 8 nitrogen and oxygen atoms in total. The van der Waals surface area contributed by atoms with Crippen LogP contribution in [-0.2, 0) is 18.6 Å². The topological polar surface area (TPSA) is 73.8 Å². The number of fused-ring (bicyclic) bond motifs is 14. The monoisotopic (exact) mass is 809 g/mol. The molecule has 2 unspecified atom stereocenters. The Labute approximate surface area is 356 Å². The zero-order chi connectivity index (χ0) is 40.5. The van der Waals surface area contributed by atoms with Crippen molar-refractivity contribution in [2.45, 2.75) is 159 Å². The number of ether oxygens (including phenoxy) is 4. The van der Waals surface area contributed by atoms with Crippen LogP contribution in [0.2, 0.25) is 0 Å². The summed E-state index contributed by atoms with van der Waals surface area (Å²) in [5.74, 6) is 3.47. The Kier molecular flexibility index (Phi) is 17.7. The van der Waals surface area contributed by atoms with Crippen molar-refractivity contribution in [2.24, 2.45) is 11.8 Å². The number of unbranched alkanes of at least 4 members (excludes halogenated alkanes) is 8. The molecule has 0 aromatic heterocycles. The first-order valence-corrected chi connectivity index (χ1v) is 23.5. The summed E-state index contributed by atoms with van der Waals surface area (Å²) in [6.45, 7) is 10.3. The molecule has 6 atom stereocenters. The largest absolute Gasteiger partial charge is 0.502 e. The molecule has 0 spiro atoms. The number of allylic oxidation sites excluding steroid dienone is 4. The third-order valence-electron chi connectivity index (χ3n) is 12.9. The van der Waals surface area contributed by atoms with Crippen molar-refractivity contribution < 1.29 is 37.6 Å². The van der Waals surface area contributed by atoms with E-state index in [-0.39, 0.29) is 36.3 Å². The zero-order valence-electron chi connectivity index (χ0n) is 35.8. The molecule has 4 aliphatic heterocycles. The second-order valence-corrected chi connectivity index (χ2v) is 17.2. The first-order chi connectivity index (χ1) is 29.3. The lowest BCUT2D eigenvalue weighted by Gasteiger charge is -2.31. The summed E-state index contributed by atoms with van der Waals surface area (Å²) in [7, 11) is -1.16. The molecule has 320 valence electrons. The third kappa shape index (κ3) is 11.8. The van der Waals surface area contributed by atoms with Crippen molar-refractivity contribution in [3.63, 3.8) is 0 Å². The second kappa shape index (κ2) is 23.7. The Morgan fingerprint density at radius 3 is 1.39 bits per heavy atom. The van der Waals surface area contributed by atoms with Crippen molar-refractivity contribution in [3.8, 4) is 23.0 Å². The van der Waals surface area contributed by atoms with E-state index in [1.54, 1.807) is 0 Å². The third-order valence-corrected chi connectivity index (χ3v) is 12.9. The van der Waals surface area contributed by atoms with Gasteiger partial charge in [0, 0.05) is 11.8 Å². The van der Waals surface area contributed by atoms with Crippen LogP contribution in [0.15, 0.2) is 73.9 Å². The Morgan fingerprint density at radius 2 is 0.949 bits per heavy atom. The van der Waals surface area contributed by atoms with Crippen LogP contribution < -0.4 is 29.9 Å². The van der Waals surface area contributed by atoms with E-state index in [1.165, 1.54) is 51.4 Å². The molecular formula is C49H70B2O8. The van der Waals surface area contributed by atoms with E-state index in [1.807, 2.05) is 48.6 Å². The number of rotatable bonds is 16. The van der Waals surface area contributed by atoms with E-state index in [2.05, 4.69) is 25.3 Å². The molecule has 0 radical (unpaired) electrons. The fourth-order valence-corrected chi connectivity index (χ4v) is 9.72. The van der Waals surface area contributed by atoms with Crippen molar-refractivity contribution >= 4 is 25.2 Å². The Balaban J connectivity index is 1.07. The first kappa shape index (κ1) is 43.9. The van der Waals surface area contributed by atoms with E-state index in [4.69, 9.17) is 37.6 Å². The van der Waals surface area contributed by atoms with Crippen LogP contribution in [0, 0.1) is 11.8 Å². The molecule has 2 aromatic rings. The maximum Gasteiger partial charge on any atom is 0.502 e. The highest BCUT2D eigenvalue weighted by molar-refractivity contribution is 6.64. The minimum absolute atomic E-state index is 0.0978. The van der Waals surface area contributed by atoms with Gasteiger partial charge in [-0.3, -0.25) is 0 Å². The van der Waals surface area contributed by atoms with E-state index in [9.17, 15) is 0 Å². The van der Waals surface area contributed by atoms with Crippen LogP contribution in [0.5, 0.6) is 23.0 Å². The van der Waals surface area contributed by atoms with Crippen LogP contribution in [0.1, 0.15) is 135 Å². The lowest BCUT2D eigenvalue weighted by Crippen LogP contribution is -2.44. The van der Waals surface area contributed by atoms with E-state index >= 15 is 0 Å². The maximum absolute atomic E-state index is 6.93. The predicted octanol–water partition coefficient (Wildman–Crippen LogP) is 10.3. The molecule has 2 saturated carbocycles. The number of benzene rings is 2. The molecule has 8 rings (SSSR count). The number of hydrogen-bond acceptors (Lipinski definition) is 8. The predicted molar refractivity (Wildman–Crippen MR) is 239 cm³/mol. The summed E-state index contributed by atoms with van der Waals surface area (Å²) < 4.78 is 53.8. The van der Waals surface area contributed by atoms with Gasteiger partial charge in [-0.05, 0) is 108 Å². The fourth-order valence-electron chi connectivity index (χ4n) is 9.72. The summed E-state index contributed by atoms with van der Waals surface area (Å²) in [5, 5.41) is 0. The molecule has 4 fully saturated rings. The summed E-state index contributed by atoms with van der Waals surface area (Å²) >= 11 is 0. The minimum Gasteiger partial charge on any atom is -0.494 e. The average molecular weight is 809 g/mol. The van der Waals surface area contributed by atoms with Crippen LogP contribution in [0.4, 0.5) is 0 Å². The van der Waals surface area contributed by atoms with Gasteiger partial charge in [0.25, 0.3) is 0 Å². The van der Waals surface area contributed by atoms with Gasteiger partial charge < -0.3 is 37.6 Å². The Morgan fingerprint density at radius 1 is 0.525 bits per heavy atom. The van der Waals surface area contributed by atoms with Gasteiger partial charge in [0.2, 0.25) is 0 Å². The van der Waals surface area contributed by atoms with Gasteiger partial charge in [0.05, 0.1) is 61.8 Å². The van der Waals surface area contributed by atoms with Gasteiger partial charge in [-0.1, -0.05) is 87.8 Å². The van der Waals surface area contributed by atoms with Crippen molar-refractivity contribution in [1.29, 1.82) is 0 Å². The average Bonchev–Trinajstić information content (AvgIpc) is 4.03. The van der Waals surface area contributed by atoms with Crippen molar-refractivity contribution in [3.05, 3.63) is 73.9 Å². The van der Waals surface area contributed by atoms with Gasteiger partial charge in [-0.25, -0.2) is 0 Å². The maximum atomic E-state index is 6.93. The highest BCUT2D eigenvalue weighted by atomic mass is 16.7.